The molecule has 110 valence electrons. The van der Waals surface area contributed by atoms with Crippen molar-refractivity contribution in [3.63, 3.8) is 0 Å². The Bertz CT molecular complexity index is 508. The van der Waals surface area contributed by atoms with E-state index in [9.17, 15) is 4.79 Å². The topological polar surface area (TPSA) is 54.0 Å². The molecule has 1 amide bonds. The van der Waals surface area contributed by atoms with Crippen molar-refractivity contribution in [2.45, 2.75) is 53.0 Å². The molecule has 2 rings (SSSR count). The van der Waals surface area contributed by atoms with Gasteiger partial charge in [-0.2, -0.15) is 0 Å². The van der Waals surface area contributed by atoms with E-state index in [1.54, 1.807) is 0 Å². The van der Waals surface area contributed by atoms with Crippen LogP contribution in [-0.2, 0) is 0 Å². The molecule has 1 saturated carbocycles. The predicted molar refractivity (Wildman–Crippen MR) is 82.1 cm³/mol. The first kappa shape index (κ1) is 14.8. The third-order valence-corrected chi connectivity index (χ3v) is 3.88. The van der Waals surface area contributed by atoms with Crippen LogP contribution in [0, 0.1) is 5.41 Å². The Morgan fingerprint density at radius 3 is 2.60 bits per heavy atom. The fourth-order valence-electron chi connectivity index (χ4n) is 2.21. The van der Waals surface area contributed by atoms with E-state index < -0.39 is 0 Å². The summed E-state index contributed by atoms with van der Waals surface area (Å²) in [6, 6.07) is 4.03. The number of nitrogens with one attached hydrogen (secondary N) is 2. The van der Waals surface area contributed by atoms with Crippen molar-refractivity contribution in [2.75, 3.05) is 11.9 Å². The van der Waals surface area contributed by atoms with Crippen LogP contribution < -0.4 is 10.6 Å². The second-order valence-electron chi connectivity index (χ2n) is 6.57. The number of carbonyl (C=O) groups excluding carboxylic acids is 1. The Morgan fingerprint density at radius 2 is 2.10 bits per heavy atom. The van der Waals surface area contributed by atoms with Gasteiger partial charge in [-0.05, 0) is 36.8 Å². The zero-order valence-corrected chi connectivity index (χ0v) is 13.1. The first-order valence-electron chi connectivity index (χ1n) is 7.40. The Kier molecular flexibility index (Phi) is 4.02. The zero-order valence-electron chi connectivity index (χ0n) is 13.1. The third kappa shape index (κ3) is 3.30. The van der Waals surface area contributed by atoms with E-state index >= 15 is 0 Å². The Morgan fingerprint density at radius 1 is 1.45 bits per heavy atom. The number of pyridine rings is 1. The molecule has 0 aliphatic heterocycles. The highest BCUT2D eigenvalue weighted by Gasteiger charge is 2.46. The molecule has 0 spiro atoms. The molecule has 2 N–H and O–H groups in total. The molecular formula is C16H25N3O. The van der Waals surface area contributed by atoms with E-state index in [1.807, 2.05) is 19.1 Å². The molecule has 1 aromatic rings. The van der Waals surface area contributed by atoms with Gasteiger partial charge in [0.05, 0.1) is 0 Å². The summed E-state index contributed by atoms with van der Waals surface area (Å²) in [6.07, 6.45) is 1.06. The van der Waals surface area contributed by atoms with Gasteiger partial charge in [0.2, 0.25) is 0 Å². The van der Waals surface area contributed by atoms with Crippen molar-refractivity contribution in [3.05, 3.63) is 23.4 Å². The highest BCUT2D eigenvalue weighted by atomic mass is 16.1. The molecule has 0 radical (unpaired) electrons. The number of aromatic nitrogens is 1. The predicted octanol–water partition coefficient (Wildman–Crippen LogP) is 3.17. The third-order valence-electron chi connectivity index (χ3n) is 3.88. The molecule has 0 bridgehead atoms. The maximum atomic E-state index is 12.3. The van der Waals surface area contributed by atoms with E-state index in [4.69, 9.17) is 0 Å². The van der Waals surface area contributed by atoms with E-state index in [-0.39, 0.29) is 11.3 Å². The summed E-state index contributed by atoms with van der Waals surface area (Å²) in [5, 5.41) is 6.29. The number of carbonyl (C=O) groups is 1. The molecule has 0 aromatic carbocycles. The Balaban J connectivity index is 2.19. The number of anilines is 1. The quantitative estimate of drug-likeness (QED) is 0.868. The summed E-state index contributed by atoms with van der Waals surface area (Å²) in [5.41, 5.74) is 1.89. The van der Waals surface area contributed by atoms with Gasteiger partial charge in [0.15, 0.2) is 0 Å². The lowest BCUT2D eigenvalue weighted by molar-refractivity contribution is 0.0946. The molecule has 4 nitrogen and oxygen atoms in total. The van der Waals surface area contributed by atoms with Crippen molar-refractivity contribution >= 4 is 11.7 Å². The molecule has 1 fully saturated rings. The molecule has 0 saturated heterocycles. The van der Waals surface area contributed by atoms with E-state index in [1.165, 1.54) is 0 Å². The summed E-state index contributed by atoms with van der Waals surface area (Å²) in [6.45, 7) is 11.3. The molecule has 1 aliphatic carbocycles. The Labute approximate surface area is 121 Å². The summed E-state index contributed by atoms with van der Waals surface area (Å²) < 4.78 is 0. The van der Waals surface area contributed by atoms with Gasteiger partial charge in [0, 0.05) is 23.8 Å². The van der Waals surface area contributed by atoms with Crippen molar-refractivity contribution < 1.29 is 4.79 Å². The summed E-state index contributed by atoms with van der Waals surface area (Å²) >= 11 is 0. The van der Waals surface area contributed by atoms with Gasteiger partial charge in [0.25, 0.3) is 5.91 Å². The first-order valence-corrected chi connectivity index (χ1v) is 7.40. The second-order valence-corrected chi connectivity index (χ2v) is 6.57. The van der Waals surface area contributed by atoms with E-state index in [0.717, 1.165) is 24.5 Å². The summed E-state index contributed by atoms with van der Waals surface area (Å²) in [4.78, 5) is 16.9. The smallest absolute Gasteiger partial charge is 0.251 e. The minimum Gasteiger partial charge on any atom is -0.370 e. The summed E-state index contributed by atoms with van der Waals surface area (Å²) in [7, 11) is 0. The van der Waals surface area contributed by atoms with Gasteiger partial charge in [-0.3, -0.25) is 4.79 Å². The normalized spacial score (nSPS) is 19.8. The lowest BCUT2D eigenvalue weighted by Crippen LogP contribution is -2.28. The van der Waals surface area contributed by atoms with Gasteiger partial charge in [-0.15, -0.1) is 0 Å². The molecule has 1 aromatic heterocycles. The second kappa shape index (κ2) is 5.43. The summed E-state index contributed by atoms with van der Waals surface area (Å²) in [5.74, 6) is 1.08. The van der Waals surface area contributed by atoms with Crippen LogP contribution in [0.5, 0.6) is 0 Å². The van der Waals surface area contributed by atoms with Crippen molar-refractivity contribution in [3.8, 4) is 0 Å². The maximum absolute atomic E-state index is 12.3. The van der Waals surface area contributed by atoms with Crippen LogP contribution in [-0.4, -0.2) is 23.5 Å². The molecule has 1 heterocycles. The standard InChI is InChI=1S/C16H25N3O/c1-6-17-14-8-11(7-12(18-14)10(2)3)15(20)19-13-9-16(13,4)5/h7-8,10,13H,6,9H2,1-5H3,(H,17,18)(H,19,20). The average Bonchev–Trinajstić information content (AvgIpc) is 2.96. The number of rotatable bonds is 5. The zero-order chi connectivity index (χ0) is 14.9. The van der Waals surface area contributed by atoms with Gasteiger partial charge in [-0.1, -0.05) is 27.7 Å². The van der Waals surface area contributed by atoms with Crippen molar-refractivity contribution in [1.29, 1.82) is 0 Å². The highest BCUT2D eigenvalue weighted by Crippen LogP contribution is 2.44. The number of amides is 1. The van der Waals surface area contributed by atoms with Crippen LogP contribution in [0.15, 0.2) is 12.1 Å². The van der Waals surface area contributed by atoms with Crippen LogP contribution in [0.4, 0.5) is 5.82 Å². The monoisotopic (exact) mass is 275 g/mol. The van der Waals surface area contributed by atoms with Gasteiger partial charge in [-0.25, -0.2) is 4.98 Å². The Hall–Kier alpha value is -1.58. The van der Waals surface area contributed by atoms with Crippen LogP contribution in [0.3, 0.4) is 0 Å². The van der Waals surface area contributed by atoms with Crippen molar-refractivity contribution in [1.82, 2.24) is 10.3 Å². The molecule has 1 unspecified atom stereocenters. The minimum atomic E-state index is 0.00373. The van der Waals surface area contributed by atoms with Gasteiger partial charge >= 0.3 is 0 Å². The van der Waals surface area contributed by atoms with Crippen molar-refractivity contribution in [2.24, 2.45) is 5.41 Å². The van der Waals surface area contributed by atoms with E-state index in [2.05, 4.69) is 43.3 Å². The SMILES string of the molecule is CCNc1cc(C(=O)NC2CC2(C)C)cc(C(C)C)n1. The largest absolute Gasteiger partial charge is 0.370 e. The number of hydrogen-bond donors (Lipinski definition) is 2. The maximum Gasteiger partial charge on any atom is 0.251 e. The van der Waals surface area contributed by atoms with Gasteiger partial charge < -0.3 is 10.6 Å². The fraction of sp³-hybridized carbons (Fsp3) is 0.625. The number of nitrogens with zero attached hydrogens (tertiary/aromatic N) is 1. The molecule has 20 heavy (non-hydrogen) atoms. The average molecular weight is 275 g/mol. The minimum absolute atomic E-state index is 0.00373. The fourth-order valence-corrected chi connectivity index (χ4v) is 2.21. The van der Waals surface area contributed by atoms with Crippen LogP contribution in [0.1, 0.15) is 63.0 Å². The van der Waals surface area contributed by atoms with Crippen LogP contribution in [0.25, 0.3) is 0 Å². The highest BCUT2D eigenvalue weighted by molar-refractivity contribution is 5.95. The van der Waals surface area contributed by atoms with Gasteiger partial charge in [0.1, 0.15) is 5.82 Å². The van der Waals surface area contributed by atoms with Crippen LogP contribution in [0.2, 0.25) is 0 Å². The first-order chi connectivity index (χ1) is 9.33. The molecule has 1 atom stereocenters. The number of hydrogen-bond acceptors (Lipinski definition) is 3. The lowest BCUT2D eigenvalue weighted by atomic mass is 10.1. The molecule has 1 aliphatic rings. The van der Waals surface area contributed by atoms with E-state index in [0.29, 0.717) is 17.5 Å². The molecule has 4 heteroatoms. The lowest BCUT2D eigenvalue weighted by Gasteiger charge is -2.12. The molecular weight excluding hydrogens is 250 g/mol. The van der Waals surface area contributed by atoms with Crippen LogP contribution >= 0.6 is 0 Å².